The lowest BCUT2D eigenvalue weighted by atomic mass is 10.1. The van der Waals surface area contributed by atoms with Crippen LogP contribution in [-0.2, 0) is 25.5 Å². The molecular formula is C27H28F3N3O6. The summed E-state index contributed by atoms with van der Waals surface area (Å²) in [5.74, 6) is -2.86. The number of likely N-dealkylation sites (N-methyl/N-ethyl adjacent to an activating group) is 1. The zero-order valence-electron chi connectivity index (χ0n) is 21.4. The van der Waals surface area contributed by atoms with Gasteiger partial charge in [-0.25, -0.2) is 18.0 Å². The maximum absolute atomic E-state index is 14.0. The van der Waals surface area contributed by atoms with Crippen LogP contribution >= 0.6 is 0 Å². The predicted molar refractivity (Wildman–Crippen MR) is 134 cm³/mol. The maximum atomic E-state index is 14.0. The van der Waals surface area contributed by atoms with Crippen LogP contribution < -0.4 is 5.32 Å². The number of amides is 2. The maximum Gasteiger partial charge on any atom is 0.412 e. The van der Waals surface area contributed by atoms with Gasteiger partial charge in [0.15, 0.2) is 23.2 Å². The summed E-state index contributed by atoms with van der Waals surface area (Å²) in [5, 5.41) is 6.15. The highest BCUT2D eigenvalue weighted by molar-refractivity contribution is 5.84. The van der Waals surface area contributed by atoms with Gasteiger partial charge in [-0.15, -0.1) is 0 Å². The van der Waals surface area contributed by atoms with Crippen LogP contribution in [0.4, 0.5) is 23.8 Å². The number of nitrogens with one attached hydrogen (secondary N) is 1. The van der Waals surface area contributed by atoms with Crippen molar-refractivity contribution < 1.29 is 41.6 Å². The fraction of sp³-hybridized carbons (Fsp3) is 0.333. The summed E-state index contributed by atoms with van der Waals surface area (Å²) in [4.78, 5) is 38.1. The average Bonchev–Trinajstić information content (AvgIpc) is 3.39. The van der Waals surface area contributed by atoms with Gasteiger partial charge in [-0.1, -0.05) is 17.3 Å². The van der Waals surface area contributed by atoms with E-state index < -0.39 is 35.6 Å². The first-order valence-corrected chi connectivity index (χ1v) is 12.1. The van der Waals surface area contributed by atoms with E-state index in [2.05, 4.69) is 15.2 Å². The van der Waals surface area contributed by atoms with Crippen molar-refractivity contribution in [3.05, 3.63) is 71.5 Å². The van der Waals surface area contributed by atoms with Gasteiger partial charge in [0.25, 0.3) is 0 Å². The molecule has 0 bridgehead atoms. The van der Waals surface area contributed by atoms with Gasteiger partial charge >= 0.3 is 12.1 Å². The molecule has 3 rings (SSSR count). The van der Waals surface area contributed by atoms with E-state index in [-0.39, 0.29) is 43.2 Å². The Hall–Kier alpha value is -4.35. The number of hydrogen-bond donors (Lipinski definition) is 1. The number of aromatic nitrogens is 1. The summed E-state index contributed by atoms with van der Waals surface area (Å²) in [6, 6.07) is 10.1. The minimum Gasteiger partial charge on any atom is -0.469 e. The Morgan fingerprint density at radius 1 is 1.08 bits per heavy atom. The number of halogens is 3. The van der Waals surface area contributed by atoms with Gasteiger partial charge in [-0.05, 0) is 55.2 Å². The van der Waals surface area contributed by atoms with E-state index in [0.717, 1.165) is 6.07 Å². The molecule has 1 atom stereocenters. The molecule has 9 nitrogen and oxygen atoms in total. The highest BCUT2D eigenvalue weighted by Gasteiger charge is 2.23. The smallest absolute Gasteiger partial charge is 0.412 e. The van der Waals surface area contributed by atoms with E-state index in [9.17, 15) is 27.6 Å². The number of methoxy groups -OCH3 is 1. The number of hydrogen-bond acceptors (Lipinski definition) is 7. The second-order valence-electron chi connectivity index (χ2n) is 8.65. The molecule has 0 saturated carbocycles. The van der Waals surface area contributed by atoms with Crippen LogP contribution in [0.3, 0.4) is 0 Å². The molecule has 2 amide bonds. The number of nitrogens with zero attached hydrogens (tertiary/aromatic N) is 2. The summed E-state index contributed by atoms with van der Waals surface area (Å²) in [7, 11) is 2.76. The van der Waals surface area contributed by atoms with Crippen molar-refractivity contribution in [1.82, 2.24) is 10.1 Å². The van der Waals surface area contributed by atoms with Gasteiger partial charge in [-0.3, -0.25) is 14.9 Å². The van der Waals surface area contributed by atoms with Gasteiger partial charge in [0.2, 0.25) is 5.91 Å². The van der Waals surface area contributed by atoms with Crippen LogP contribution in [0, 0.1) is 17.5 Å². The summed E-state index contributed by atoms with van der Waals surface area (Å²) < 4.78 is 55.6. The van der Waals surface area contributed by atoms with Crippen LogP contribution in [0.1, 0.15) is 31.2 Å². The van der Waals surface area contributed by atoms with E-state index >= 15 is 0 Å². The van der Waals surface area contributed by atoms with E-state index in [1.165, 1.54) is 61.5 Å². The van der Waals surface area contributed by atoms with Crippen molar-refractivity contribution in [2.45, 2.75) is 38.1 Å². The molecule has 39 heavy (non-hydrogen) atoms. The number of benzene rings is 2. The highest BCUT2D eigenvalue weighted by atomic mass is 19.2. The topological polar surface area (TPSA) is 111 Å². The zero-order chi connectivity index (χ0) is 28.4. The number of anilines is 1. The number of esters is 1. The SMILES string of the molecule is COC(=O)CCC[C@@H](COC(=O)Nc1cc(-c2ccc(F)cc2)on1)N(C)C(=O)CCc1cccc(F)c1F. The largest absolute Gasteiger partial charge is 0.469 e. The Labute approximate surface area is 222 Å². The molecule has 0 aliphatic heterocycles. The Balaban J connectivity index is 1.58. The molecule has 0 spiro atoms. The van der Waals surface area contributed by atoms with Gasteiger partial charge in [0.05, 0.1) is 13.2 Å². The number of carbonyl (C=O) groups is 3. The molecular weight excluding hydrogens is 519 g/mol. The first-order chi connectivity index (χ1) is 18.7. The molecule has 1 N–H and O–H groups in total. The first kappa shape index (κ1) is 29.2. The molecule has 0 fully saturated rings. The predicted octanol–water partition coefficient (Wildman–Crippen LogP) is 5.11. The molecule has 1 heterocycles. The van der Waals surface area contributed by atoms with E-state index in [1.807, 2.05) is 0 Å². The van der Waals surface area contributed by atoms with Crippen LogP contribution in [-0.4, -0.2) is 54.8 Å². The molecule has 0 saturated heterocycles. The molecule has 0 aliphatic rings. The van der Waals surface area contributed by atoms with Crippen molar-refractivity contribution in [3.8, 4) is 11.3 Å². The minimum absolute atomic E-state index is 0.0223. The number of rotatable bonds is 12. The van der Waals surface area contributed by atoms with Crippen LogP contribution in [0.2, 0.25) is 0 Å². The van der Waals surface area contributed by atoms with E-state index in [1.54, 1.807) is 0 Å². The molecule has 3 aromatic rings. The lowest BCUT2D eigenvalue weighted by molar-refractivity contribution is -0.140. The molecule has 0 radical (unpaired) electrons. The third kappa shape index (κ3) is 8.59. The second-order valence-corrected chi connectivity index (χ2v) is 8.65. The molecule has 1 aromatic heterocycles. The van der Waals surface area contributed by atoms with Crippen LogP contribution in [0.15, 0.2) is 53.1 Å². The molecule has 0 aliphatic carbocycles. The molecule has 12 heteroatoms. The fourth-order valence-electron chi connectivity index (χ4n) is 3.73. The van der Waals surface area contributed by atoms with Gasteiger partial charge in [0, 0.05) is 31.5 Å². The van der Waals surface area contributed by atoms with Crippen molar-refractivity contribution in [2.24, 2.45) is 0 Å². The third-order valence-electron chi connectivity index (χ3n) is 6.00. The lowest BCUT2D eigenvalue weighted by Crippen LogP contribution is -2.41. The quantitative estimate of drug-likeness (QED) is 0.314. The Kier molecular flexibility index (Phi) is 10.5. The summed E-state index contributed by atoms with van der Waals surface area (Å²) in [5.41, 5.74) is 0.622. The normalized spacial score (nSPS) is 11.5. The average molecular weight is 548 g/mol. The minimum atomic E-state index is -1.00. The highest BCUT2D eigenvalue weighted by Crippen LogP contribution is 2.23. The third-order valence-corrected chi connectivity index (χ3v) is 6.00. The summed E-state index contributed by atoms with van der Waals surface area (Å²) in [6.45, 7) is -0.216. The van der Waals surface area contributed by atoms with Gasteiger partial charge in [-0.2, -0.15) is 0 Å². The van der Waals surface area contributed by atoms with E-state index in [4.69, 9.17) is 9.26 Å². The zero-order valence-corrected chi connectivity index (χ0v) is 21.4. The standard InChI is InChI=1S/C27H28F3N3O6/c1-33(24(34)14-11-18-5-3-7-21(29)26(18)30)20(6-4-8-25(35)37-2)16-38-27(36)31-23-15-22(39-32-23)17-9-12-19(28)13-10-17/h3,5,7,9-10,12-13,15,20H,4,6,8,11,14,16H2,1-2H3,(H,31,32,36)/t20-/m0/s1. The van der Waals surface area contributed by atoms with Crippen molar-refractivity contribution in [3.63, 3.8) is 0 Å². The van der Waals surface area contributed by atoms with Gasteiger partial charge < -0.3 is 18.9 Å². The second kappa shape index (κ2) is 14.0. The number of ether oxygens (including phenoxy) is 2. The lowest BCUT2D eigenvalue weighted by Gasteiger charge is -2.28. The van der Waals surface area contributed by atoms with Crippen LogP contribution in [0.25, 0.3) is 11.3 Å². The summed E-state index contributed by atoms with van der Waals surface area (Å²) >= 11 is 0. The van der Waals surface area contributed by atoms with E-state index in [0.29, 0.717) is 24.2 Å². The fourth-order valence-corrected chi connectivity index (χ4v) is 3.73. The van der Waals surface area contributed by atoms with Crippen molar-refractivity contribution >= 4 is 23.8 Å². The van der Waals surface area contributed by atoms with Crippen molar-refractivity contribution in [2.75, 3.05) is 26.1 Å². The van der Waals surface area contributed by atoms with Crippen LogP contribution in [0.5, 0.6) is 0 Å². The number of carbonyl (C=O) groups excluding carboxylic acids is 3. The van der Waals surface area contributed by atoms with Gasteiger partial charge in [0.1, 0.15) is 12.4 Å². The monoisotopic (exact) mass is 547 g/mol. The Bertz CT molecular complexity index is 1280. The summed E-state index contributed by atoms with van der Waals surface area (Å²) in [6.07, 6.45) is -0.247. The molecule has 0 unspecified atom stereocenters. The Morgan fingerprint density at radius 2 is 1.82 bits per heavy atom. The van der Waals surface area contributed by atoms with Crippen molar-refractivity contribution in [1.29, 1.82) is 0 Å². The Morgan fingerprint density at radius 3 is 2.54 bits per heavy atom. The molecule has 208 valence electrons. The molecule has 2 aromatic carbocycles. The number of aryl methyl sites for hydroxylation is 1. The first-order valence-electron chi connectivity index (χ1n) is 12.1.